The van der Waals surface area contributed by atoms with Crippen LogP contribution in [0.2, 0.25) is 8.67 Å². The van der Waals surface area contributed by atoms with Crippen LogP contribution in [-0.2, 0) is 0 Å². The number of hydrogen-bond donors (Lipinski definition) is 0. The zero-order valence-electron chi connectivity index (χ0n) is 9.36. The van der Waals surface area contributed by atoms with Crippen molar-refractivity contribution in [2.75, 3.05) is 0 Å². The Kier molecular flexibility index (Phi) is 4.20. The summed E-state index contributed by atoms with van der Waals surface area (Å²) in [4.78, 5) is 12.2. The molecule has 2 rings (SSSR count). The van der Waals surface area contributed by atoms with Crippen LogP contribution in [0.15, 0.2) is 30.3 Å². The average Bonchev–Trinajstić information content (AvgIpc) is 2.71. The molecule has 0 amide bonds. The number of rotatable bonds is 3. The Bertz CT molecular complexity index is 660. The van der Waals surface area contributed by atoms with Gasteiger partial charge >= 0.3 is 0 Å². The predicted octanol–water partition coefficient (Wildman–Crippen LogP) is 4.68. The molecule has 0 spiro atoms. The maximum Gasteiger partial charge on any atom is 0.186 e. The summed E-state index contributed by atoms with van der Waals surface area (Å²) >= 11 is 12.7. The lowest BCUT2D eigenvalue weighted by atomic mass is 9.93. The van der Waals surface area contributed by atoms with Gasteiger partial charge in [0, 0.05) is 0 Å². The molecule has 96 valence electrons. The molecular formula is C13H6Cl2FNOS. The Labute approximate surface area is 123 Å². The van der Waals surface area contributed by atoms with E-state index in [1.165, 1.54) is 30.3 Å². The van der Waals surface area contributed by atoms with Crippen molar-refractivity contribution < 1.29 is 9.18 Å². The quantitative estimate of drug-likeness (QED) is 0.772. The Morgan fingerprint density at radius 2 is 1.95 bits per heavy atom. The van der Waals surface area contributed by atoms with E-state index in [9.17, 15) is 9.18 Å². The lowest BCUT2D eigenvalue weighted by molar-refractivity contribution is 0.0979. The topological polar surface area (TPSA) is 40.9 Å². The Balaban J connectivity index is 2.38. The molecule has 0 saturated heterocycles. The summed E-state index contributed by atoms with van der Waals surface area (Å²) in [7, 11) is 0. The van der Waals surface area contributed by atoms with Crippen LogP contribution in [0, 0.1) is 17.1 Å². The highest BCUT2D eigenvalue weighted by atomic mass is 35.5. The van der Waals surface area contributed by atoms with Crippen LogP contribution in [0.3, 0.4) is 0 Å². The SMILES string of the molecule is N#CC(C(=O)c1cc(Cl)sc1Cl)c1ccc(F)cc1. The first-order valence-corrected chi connectivity index (χ1v) is 6.74. The van der Waals surface area contributed by atoms with Gasteiger partial charge in [-0.2, -0.15) is 5.26 Å². The zero-order valence-corrected chi connectivity index (χ0v) is 11.7. The highest BCUT2D eigenvalue weighted by Gasteiger charge is 2.25. The van der Waals surface area contributed by atoms with Crippen molar-refractivity contribution in [3.8, 4) is 6.07 Å². The Hall–Kier alpha value is -1.41. The number of carbonyl (C=O) groups is 1. The molecule has 0 saturated carbocycles. The zero-order chi connectivity index (χ0) is 14.0. The van der Waals surface area contributed by atoms with E-state index < -0.39 is 17.5 Å². The van der Waals surface area contributed by atoms with Crippen molar-refractivity contribution in [2.45, 2.75) is 5.92 Å². The van der Waals surface area contributed by atoms with E-state index in [2.05, 4.69) is 0 Å². The van der Waals surface area contributed by atoms with Crippen molar-refractivity contribution in [3.63, 3.8) is 0 Å². The summed E-state index contributed by atoms with van der Waals surface area (Å²) in [6, 6.07) is 8.56. The maximum atomic E-state index is 12.8. The summed E-state index contributed by atoms with van der Waals surface area (Å²) in [5.41, 5.74) is 0.639. The molecular weight excluding hydrogens is 308 g/mol. The van der Waals surface area contributed by atoms with Gasteiger partial charge in [0.15, 0.2) is 5.78 Å². The number of hydrogen-bond acceptors (Lipinski definition) is 3. The van der Waals surface area contributed by atoms with E-state index in [1.807, 2.05) is 6.07 Å². The number of carbonyl (C=O) groups excluding carboxylic acids is 1. The number of benzene rings is 1. The first-order valence-electron chi connectivity index (χ1n) is 5.17. The van der Waals surface area contributed by atoms with E-state index in [0.29, 0.717) is 9.90 Å². The molecule has 1 heterocycles. The molecule has 0 radical (unpaired) electrons. The number of nitriles is 1. The Morgan fingerprint density at radius 1 is 1.32 bits per heavy atom. The van der Waals surface area contributed by atoms with Gasteiger partial charge in [0.2, 0.25) is 0 Å². The van der Waals surface area contributed by atoms with E-state index in [4.69, 9.17) is 28.5 Å². The second-order valence-corrected chi connectivity index (χ2v) is 6.00. The second kappa shape index (κ2) is 5.70. The largest absolute Gasteiger partial charge is 0.292 e. The third-order valence-electron chi connectivity index (χ3n) is 2.52. The monoisotopic (exact) mass is 313 g/mol. The van der Waals surface area contributed by atoms with Crippen LogP contribution in [0.1, 0.15) is 21.8 Å². The summed E-state index contributed by atoms with van der Waals surface area (Å²) in [6.07, 6.45) is 0. The van der Waals surface area contributed by atoms with Gasteiger partial charge in [-0.05, 0) is 23.8 Å². The molecule has 6 heteroatoms. The second-order valence-electron chi connectivity index (χ2n) is 3.72. The summed E-state index contributed by atoms with van der Waals surface area (Å²) in [5, 5.41) is 9.14. The van der Waals surface area contributed by atoms with E-state index in [0.717, 1.165) is 11.3 Å². The van der Waals surface area contributed by atoms with Gasteiger partial charge in [-0.3, -0.25) is 4.79 Å². The fourth-order valence-electron chi connectivity index (χ4n) is 1.60. The molecule has 1 unspecified atom stereocenters. The minimum absolute atomic E-state index is 0.215. The molecule has 0 N–H and O–H groups in total. The van der Waals surface area contributed by atoms with Gasteiger partial charge in [-0.15, -0.1) is 11.3 Å². The van der Waals surface area contributed by atoms with Crippen molar-refractivity contribution in [2.24, 2.45) is 0 Å². The molecule has 2 aromatic rings. The molecule has 1 atom stereocenters. The molecule has 19 heavy (non-hydrogen) atoms. The lowest BCUT2D eigenvalue weighted by Crippen LogP contribution is -2.10. The first kappa shape index (κ1) is 14.0. The first-order chi connectivity index (χ1) is 9.02. The van der Waals surface area contributed by atoms with Gasteiger partial charge in [0.25, 0.3) is 0 Å². The standard InChI is InChI=1S/C13H6Cl2FNOS/c14-11-5-9(13(15)19-11)12(18)10(6-17)7-1-3-8(16)4-2-7/h1-5,10H. The molecule has 0 aliphatic carbocycles. The number of halogens is 3. The van der Waals surface area contributed by atoms with Gasteiger partial charge in [-0.25, -0.2) is 4.39 Å². The highest BCUT2D eigenvalue weighted by Crippen LogP contribution is 2.34. The van der Waals surface area contributed by atoms with Gasteiger partial charge < -0.3 is 0 Å². The number of Topliss-reactive ketones (excluding diaryl/α,β-unsaturated/α-hetero) is 1. The molecule has 0 aliphatic rings. The van der Waals surface area contributed by atoms with Gasteiger partial charge in [-0.1, -0.05) is 35.3 Å². The molecule has 0 bridgehead atoms. The van der Waals surface area contributed by atoms with Crippen molar-refractivity contribution in [1.82, 2.24) is 0 Å². The molecule has 0 fully saturated rings. The number of ketones is 1. The number of nitrogens with zero attached hydrogens (tertiary/aromatic N) is 1. The summed E-state index contributed by atoms with van der Waals surface area (Å²) in [5.74, 6) is -1.89. The predicted molar refractivity (Wildman–Crippen MR) is 73.4 cm³/mol. The molecule has 2 nitrogen and oxygen atoms in total. The number of thiophene rings is 1. The van der Waals surface area contributed by atoms with Crippen molar-refractivity contribution in [1.29, 1.82) is 5.26 Å². The minimum atomic E-state index is -1.02. The fourth-order valence-corrected chi connectivity index (χ4v) is 3.08. The van der Waals surface area contributed by atoms with Crippen molar-refractivity contribution >= 4 is 40.3 Å². The summed E-state index contributed by atoms with van der Waals surface area (Å²) < 4.78 is 13.5. The highest BCUT2D eigenvalue weighted by molar-refractivity contribution is 7.20. The van der Waals surface area contributed by atoms with E-state index in [-0.39, 0.29) is 9.90 Å². The van der Waals surface area contributed by atoms with E-state index in [1.54, 1.807) is 0 Å². The van der Waals surface area contributed by atoms with Crippen molar-refractivity contribution in [3.05, 3.63) is 55.9 Å². The summed E-state index contributed by atoms with van der Waals surface area (Å²) in [6.45, 7) is 0. The van der Waals surface area contributed by atoms with Gasteiger partial charge in [0.05, 0.1) is 16.0 Å². The van der Waals surface area contributed by atoms with Crippen LogP contribution in [0.5, 0.6) is 0 Å². The van der Waals surface area contributed by atoms with E-state index >= 15 is 0 Å². The molecule has 1 aromatic carbocycles. The molecule has 0 aliphatic heterocycles. The maximum absolute atomic E-state index is 12.8. The average molecular weight is 314 g/mol. The smallest absolute Gasteiger partial charge is 0.186 e. The van der Waals surface area contributed by atoms with Crippen LogP contribution in [0.25, 0.3) is 0 Å². The normalized spacial score (nSPS) is 11.9. The third kappa shape index (κ3) is 2.95. The van der Waals surface area contributed by atoms with Crippen LogP contribution >= 0.6 is 34.5 Å². The fraction of sp³-hybridized carbons (Fsp3) is 0.0769. The Morgan fingerprint density at radius 3 is 2.42 bits per heavy atom. The third-order valence-corrected chi connectivity index (χ3v) is 4.00. The lowest BCUT2D eigenvalue weighted by Gasteiger charge is -2.07. The van der Waals surface area contributed by atoms with Gasteiger partial charge in [0.1, 0.15) is 16.1 Å². The van der Waals surface area contributed by atoms with Crippen LogP contribution < -0.4 is 0 Å². The van der Waals surface area contributed by atoms with Crippen LogP contribution in [0.4, 0.5) is 4.39 Å². The van der Waals surface area contributed by atoms with Crippen LogP contribution in [-0.4, -0.2) is 5.78 Å². The molecule has 1 aromatic heterocycles. The minimum Gasteiger partial charge on any atom is -0.292 e.